The lowest BCUT2D eigenvalue weighted by molar-refractivity contribution is -0.126. The third-order valence-electron chi connectivity index (χ3n) is 4.54. The molecule has 8 nitrogen and oxygen atoms in total. The number of carbonyl (C=O) groups is 3. The van der Waals surface area contributed by atoms with Gasteiger partial charge in [0.15, 0.2) is 0 Å². The highest BCUT2D eigenvalue weighted by molar-refractivity contribution is 5.99. The van der Waals surface area contributed by atoms with Crippen LogP contribution in [0.1, 0.15) is 41.6 Å². The molecule has 160 valence electrons. The minimum absolute atomic E-state index is 0.213. The van der Waals surface area contributed by atoms with Crippen molar-refractivity contribution in [1.29, 1.82) is 0 Å². The predicted octanol–water partition coefficient (Wildman–Crippen LogP) is 2.28. The molecule has 0 fully saturated rings. The Hall–Kier alpha value is -3.39. The Bertz CT molecular complexity index is 870. The van der Waals surface area contributed by atoms with Crippen LogP contribution in [-0.4, -0.2) is 40.6 Å². The van der Waals surface area contributed by atoms with E-state index in [-0.39, 0.29) is 23.6 Å². The number of nitrogens with two attached hydrogens (primary N) is 1. The molecule has 0 saturated heterocycles. The first kappa shape index (κ1) is 22.9. The van der Waals surface area contributed by atoms with Gasteiger partial charge in [-0.2, -0.15) is 0 Å². The van der Waals surface area contributed by atoms with Crippen LogP contribution in [-0.2, 0) is 16.0 Å². The van der Waals surface area contributed by atoms with Crippen molar-refractivity contribution in [2.24, 2.45) is 5.73 Å². The fourth-order valence-electron chi connectivity index (χ4n) is 2.95. The quantitative estimate of drug-likeness (QED) is 0.283. The van der Waals surface area contributed by atoms with Gasteiger partial charge in [-0.25, -0.2) is 4.79 Å². The molecule has 0 saturated carbocycles. The Balaban J connectivity index is 2.10. The van der Waals surface area contributed by atoms with Crippen LogP contribution >= 0.6 is 0 Å². The van der Waals surface area contributed by atoms with Crippen LogP contribution in [0.2, 0.25) is 0 Å². The normalized spacial score (nSPS) is 11.5. The van der Waals surface area contributed by atoms with E-state index in [2.05, 4.69) is 10.6 Å². The maximum Gasteiger partial charge on any atom is 0.339 e. The van der Waals surface area contributed by atoms with Crippen molar-refractivity contribution in [2.45, 2.75) is 38.1 Å². The number of amides is 2. The maximum atomic E-state index is 12.8. The zero-order valence-corrected chi connectivity index (χ0v) is 16.6. The Kier molecular flexibility index (Phi) is 8.83. The van der Waals surface area contributed by atoms with Crippen molar-refractivity contribution in [3.8, 4) is 5.75 Å². The zero-order valence-electron chi connectivity index (χ0n) is 16.6. The van der Waals surface area contributed by atoms with Gasteiger partial charge in [-0.1, -0.05) is 36.8 Å². The molecule has 0 aromatic heterocycles. The van der Waals surface area contributed by atoms with Crippen LogP contribution < -0.4 is 16.4 Å². The minimum Gasteiger partial charge on any atom is -0.507 e. The van der Waals surface area contributed by atoms with Crippen LogP contribution in [0.5, 0.6) is 5.75 Å². The monoisotopic (exact) mass is 413 g/mol. The number of phenols is 1. The number of hydrogen-bond acceptors (Lipinski definition) is 5. The fourth-order valence-corrected chi connectivity index (χ4v) is 2.95. The summed E-state index contributed by atoms with van der Waals surface area (Å²) in [7, 11) is 0. The Morgan fingerprint density at radius 2 is 1.73 bits per heavy atom. The highest BCUT2D eigenvalue weighted by Gasteiger charge is 2.22. The van der Waals surface area contributed by atoms with E-state index >= 15 is 0 Å². The summed E-state index contributed by atoms with van der Waals surface area (Å²) in [5.41, 5.74) is 6.22. The van der Waals surface area contributed by atoms with Crippen molar-refractivity contribution in [1.82, 2.24) is 5.32 Å². The van der Waals surface area contributed by atoms with E-state index < -0.39 is 23.7 Å². The molecular formula is C22H27N3O5. The van der Waals surface area contributed by atoms with E-state index in [0.717, 1.165) is 18.4 Å². The second kappa shape index (κ2) is 11.6. The number of carboxylic acids is 1. The summed E-state index contributed by atoms with van der Waals surface area (Å²) < 4.78 is 0. The van der Waals surface area contributed by atoms with Crippen molar-refractivity contribution < 1.29 is 24.6 Å². The summed E-state index contributed by atoms with van der Waals surface area (Å²) >= 11 is 0. The minimum atomic E-state index is -1.31. The summed E-state index contributed by atoms with van der Waals surface area (Å²) in [6, 6.07) is 12.2. The van der Waals surface area contributed by atoms with E-state index in [9.17, 15) is 19.5 Å². The molecule has 2 rings (SSSR count). The molecule has 1 unspecified atom stereocenters. The van der Waals surface area contributed by atoms with Crippen molar-refractivity contribution in [3.05, 3.63) is 59.7 Å². The molecule has 0 heterocycles. The first-order valence-corrected chi connectivity index (χ1v) is 9.81. The van der Waals surface area contributed by atoms with Gasteiger partial charge in [0.05, 0.1) is 0 Å². The summed E-state index contributed by atoms with van der Waals surface area (Å²) in [5, 5.41) is 24.1. The van der Waals surface area contributed by atoms with E-state index in [1.807, 2.05) is 30.3 Å². The molecular weight excluding hydrogens is 386 g/mol. The van der Waals surface area contributed by atoms with E-state index in [1.54, 1.807) is 0 Å². The van der Waals surface area contributed by atoms with Crippen LogP contribution in [0.25, 0.3) is 0 Å². The van der Waals surface area contributed by atoms with Crippen molar-refractivity contribution in [2.75, 3.05) is 11.9 Å². The number of anilines is 1. The topological polar surface area (TPSA) is 142 Å². The van der Waals surface area contributed by atoms with Gasteiger partial charge >= 0.3 is 5.97 Å². The zero-order chi connectivity index (χ0) is 21.9. The Morgan fingerprint density at radius 1 is 1.00 bits per heavy atom. The number of carbonyl (C=O) groups excluding carboxylic acids is 2. The van der Waals surface area contributed by atoms with Gasteiger partial charge in [-0.05, 0) is 43.1 Å². The van der Waals surface area contributed by atoms with E-state index in [1.165, 1.54) is 18.2 Å². The molecule has 0 aliphatic carbocycles. The van der Waals surface area contributed by atoms with Crippen LogP contribution in [0, 0.1) is 0 Å². The highest BCUT2D eigenvalue weighted by atomic mass is 16.4. The summed E-state index contributed by atoms with van der Waals surface area (Å²) in [4.78, 5) is 36.4. The average Bonchev–Trinajstić information content (AvgIpc) is 2.72. The van der Waals surface area contributed by atoms with Crippen molar-refractivity contribution in [3.63, 3.8) is 0 Å². The molecule has 2 amide bonds. The van der Waals surface area contributed by atoms with Gasteiger partial charge in [0, 0.05) is 18.5 Å². The smallest absolute Gasteiger partial charge is 0.339 e. The van der Waals surface area contributed by atoms with Gasteiger partial charge in [-0.15, -0.1) is 0 Å². The number of rotatable bonds is 11. The summed E-state index contributed by atoms with van der Waals surface area (Å²) in [6.07, 6.45) is 2.94. The number of unbranched alkanes of at least 4 members (excludes halogenated alkanes) is 2. The predicted molar refractivity (Wildman–Crippen MR) is 113 cm³/mol. The fraction of sp³-hybridized carbons (Fsp3) is 0.318. The highest BCUT2D eigenvalue weighted by Crippen LogP contribution is 2.21. The molecule has 1 atom stereocenters. The number of aromatic hydroxyl groups is 1. The first-order chi connectivity index (χ1) is 14.4. The molecule has 0 aliphatic heterocycles. The lowest BCUT2D eigenvalue weighted by atomic mass is 10.0. The van der Waals surface area contributed by atoms with Gasteiger partial charge in [-0.3, -0.25) is 9.59 Å². The number of carboxylic acid groups (broad SMARTS) is 1. The Labute approximate surface area is 175 Å². The second-order valence-corrected chi connectivity index (χ2v) is 6.94. The molecule has 0 radical (unpaired) electrons. The van der Waals surface area contributed by atoms with E-state index in [4.69, 9.17) is 10.8 Å². The molecule has 8 heteroatoms. The molecule has 6 N–H and O–H groups in total. The van der Waals surface area contributed by atoms with Crippen LogP contribution in [0.3, 0.4) is 0 Å². The van der Waals surface area contributed by atoms with Gasteiger partial charge in [0.2, 0.25) is 11.8 Å². The van der Waals surface area contributed by atoms with Gasteiger partial charge in [0.1, 0.15) is 17.4 Å². The Morgan fingerprint density at radius 3 is 2.40 bits per heavy atom. The number of benzene rings is 2. The third kappa shape index (κ3) is 7.21. The van der Waals surface area contributed by atoms with E-state index in [0.29, 0.717) is 19.4 Å². The molecule has 0 spiro atoms. The molecule has 0 aliphatic rings. The summed E-state index contributed by atoms with van der Waals surface area (Å²) in [6.45, 7) is 0.575. The standard InChI is InChI=1S/C22H27N3O5/c23-12-6-2-5-9-20(27)25-18(13-15-7-3-1-4-8-15)21(28)24-16-10-11-19(26)17(14-16)22(29)30/h1,3-4,7-8,10-11,14,18,26H,2,5-6,9,12-13,23H2,(H,24,28)(H,25,27)(H,29,30). The molecule has 30 heavy (non-hydrogen) atoms. The number of aromatic carboxylic acids is 1. The SMILES string of the molecule is NCCCCCC(=O)NC(Cc1ccccc1)C(=O)Nc1ccc(O)c(C(=O)O)c1. The van der Waals surface area contributed by atoms with Gasteiger partial charge < -0.3 is 26.6 Å². The largest absolute Gasteiger partial charge is 0.507 e. The molecule has 2 aromatic rings. The van der Waals surface area contributed by atoms with Crippen LogP contribution in [0.4, 0.5) is 5.69 Å². The number of nitrogens with one attached hydrogen (secondary N) is 2. The molecule has 2 aromatic carbocycles. The average molecular weight is 413 g/mol. The number of hydrogen-bond donors (Lipinski definition) is 5. The maximum absolute atomic E-state index is 12.8. The summed E-state index contributed by atoms with van der Waals surface area (Å²) in [5.74, 6) is -2.42. The molecule has 0 bridgehead atoms. The van der Waals surface area contributed by atoms with Crippen molar-refractivity contribution >= 4 is 23.5 Å². The van der Waals surface area contributed by atoms with Gasteiger partial charge in [0.25, 0.3) is 0 Å². The first-order valence-electron chi connectivity index (χ1n) is 9.81. The lowest BCUT2D eigenvalue weighted by Crippen LogP contribution is -2.45. The second-order valence-electron chi connectivity index (χ2n) is 6.94. The van der Waals surface area contributed by atoms with Crippen LogP contribution in [0.15, 0.2) is 48.5 Å². The third-order valence-corrected chi connectivity index (χ3v) is 4.54. The lowest BCUT2D eigenvalue weighted by Gasteiger charge is -2.19.